The second-order valence-corrected chi connectivity index (χ2v) is 7.88. The Morgan fingerprint density at radius 1 is 0.889 bits per heavy atom. The van der Waals surface area contributed by atoms with Crippen molar-refractivity contribution in [3.63, 3.8) is 0 Å². The van der Waals surface area contributed by atoms with E-state index < -0.39 is 66.9 Å². The summed E-state index contributed by atoms with van der Waals surface area (Å²) in [7, 11) is 0. The number of hydrogen-bond acceptors (Lipinski definition) is 8. The number of rotatable bonds is 14. The molecule has 0 aliphatic rings. The first-order valence-electron chi connectivity index (χ1n) is 10.8. The maximum absolute atomic E-state index is 13.2. The predicted molar refractivity (Wildman–Crippen MR) is 123 cm³/mol. The molecule has 2 rings (SSSR count). The lowest BCUT2D eigenvalue weighted by molar-refractivity contribution is -0.147. The molecule has 0 aliphatic carbocycles. The third-order valence-electron chi connectivity index (χ3n) is 5.05. The van der Waals surface area contributed by atoms with Crippen LogP contribution in [0, 0.1) is 0 Å². The van der Waals surface area contributed by atoms with Crippen LogP contribution in [0.15, 0.2) is 42.9 Å². The highest BCUT2D eigenvalue weighted by Crippen LogP contribution is 2.07. The van der Waals surface area contributed by atoms with Crippen LogP contribution in [0.25, 0.3) is 0 Å². The molecule has 0 fully saturated rings. The molecule has 1 aromatic heterocycles. The van der Waals surface area contributed by atoms with Crippen LogP contribution in [-0.4, -0.2) is 85.7 Å². The number of carboxylic acid groups (broad SMARTS) is 2. The SMILES string of the molecule is NC(CO)C(=O)NC(Cc1cnc[nH]1)C(=O)NC(Cc1ccccc1)C(=O)NC(CC(=O)O)C(=O)O. The molecule has 9 N–H and O–H groups in total. The molecule has 0 saturated heterocycles. The van der Waals surface area contributed by atoms with Gasteiger partial charge in [0.25, 0.3) is 0 Å². The van der Waals surface area contributed by atoms with Crippen molar-refractivity contribution in [2.24, 2.45) is 5.73 Å². The highest BCUT2D eigenvalue weighted by atomic mass is 16.4. The number of nitrogens with two attached hydrogens (primary N) is 1. The van der Waals surface area contributed by atoms with Crippen LogP contribution in [0.3, 0.4) is 0 Å². The van der Waals surface area contributed by atoms with Crippen molar-refractivity contribution in [3.05, 3.63) is 54.1 Å². The maximum Gasteiger partial charge on any atom is 0.326 e. The van der Waals surface area contributed by atoms with Gasteiger partial charge in [-0.15, -0.1) is 0 Å². The molecule has 36 heavy (non-hydrogen) atoms. The molecule has 14 nitrogen and oxygen atoms in total. The molecule has 4 atom stereocenters. The largest absolute Gasteiger partial charge is 0.481 e. The number of aliphatic hydroxyl groups is 1. The zero-order valence-corrected chi connectivity index (χ0v) is 19.1. The van der Waals surface area contributed by atoms with Crippen LogP contribution in [0.1, 0.15) is 17.7 Å². The number of nitrogens with zero attached hydrogens (tertiary/aromatic N) is 1. The number of imidazole rings is 1. The number of amides is 3. The van der Waals surface area contributed by atoms with Gasteiger partial charge in [0.05, 0.1) is 19.4 Å². The molecular formula is C22H28N6O8. The fourth-order valence-corrected chi connectivity index (χ4v) is 3.17. The molecule has 14 heteroatoms. The van der Waals surface area contributed by atoms with E-state index in [1.807, 2.05) is 0 Å². The number of nitrogens with one attached hydrogen (secondary N) is 4. The summed E-state index contributed by atoms with van der Waals surface area (Å²) in [6.07, 6.45) is 1.80. The Kier molecular flexibility index (Phi) is 10.5. The monoisotopic (exact) mass is 504 g/mol. The summed E-state index contributed by atoms with van der Waals surface area (Å²) in [6.45, 7) is -0.663. The third kappa shape index (κ3) is 8.81. The van der Waals surface area contributed by atoms with E-state index in [-0.39, 0.29) is 12.8 Å². The first-order valence-corrected chi connectivity index (χ1v) is 10.8. The van der Waals surface area contributed by atoms with Crippen LogP contribution in [0.5, 0.6) is 0 Å². The maximum atomic E-state index is 13.2. The zero-order chi connectivity index (χ0) is 26.7. The summed E-state index contributed by atoms with van der Waals surface area (Å²) >= 11 is 0. The Morgan fingerprint density at radius 3 is 2.00 bits per heavy atom. The standard InChI is InChI=1S/C22H28N6O8/c23-14(10-29)19(32)26-16(7-13-9-24-11-25-13)21(34)27-15(6-12-4-2-1-3-5-12)20(33)28-17(22(35)36)8-18(30)31/h1-5,9,11,14-17,29H,6-8,10,23H2,(H,24,25)(H,26,32)(H,27,34)(H,28,33)(H,30,31)(H,35,36). The van der Waals surface area contributed by atoms with E-state index in [4.69, 9.17) is 15.9 Å². The minimum atomic E-state index is -1.73. The van der Waals surface area contributed by atoms with Crippen LogP contribution in [-0.2, 0) is 36.8 Å². The Bertz CT molecular complexity index is 1050. The summed E-state index contributed by atoms with van der Waals surface area (Å²) in [4.78, 5) is 67.4. The van der Waals surface area contributed by atoms with Gasteiger partial charge in [-0.3, -0.25) is 19.2 Å². The van der Waals surface area contributed by atoms with Crippen molar-refractivity contribution >= 4 is 29.7 Å². The quantitative estimate of drug-likeness (QED) is 0.135. The van der Waals surface area contributed by atoms with E-state index in [0.29, 0.717) is 11.3 Å². The van der Waals surface area contributed by atoms with Gasteiger partial charge in [-0.05, 0) is 5.56 Å². The smallest absolute Gasteiger partial charge is 0.326 e. The van der Waals surface area contributed by atoms with E-state index >= 15 is 0 Å². The average molecular weight is 505 g/mol. The van der Waals surface area contributed by atoms with Crippen molar-refractivity contribution in [1.82, 2.24) is 25.9 Å². The molecule has 1 heterocycles. The van der Waals surface area contributed by atoms with Gasteiger partial charge in [0, 0.05) is 24.7 Å². The van der Waals surface area contributed by atoms with Crippen LogP contribution in [0.4, 0.5) is 0 Å². The average Bonchev–Trinajstić information content (AvgIpc) is 3.35. The molecule has 0 bridgehead atoms. The zero-order valence-electron chi connectivity index (χ0n) is 19.1. The van der Waals surface area contributed by atoms with Crippen LogP contribution in [0.2, 0.25) is 0 Å². The van der Waals surface area contributed by atoms with Crippen molar-refractivity contribution in [2.45, 2.75) is 43.4 Å². The second kappa shape index (κ2) is 13.6. The molecule has 2 aromatic rings. The first kappa shape index (κ1) is 27.9. The molecule has 0 aliphatic heterocycles. The number of H-pyrrole nitrogens is 1. The second-order valence-electron chi connectivity index (χ2n) is 7.88. The van der Waals surface area contributed by atoms with Gasteiger partial charge >= 0.3 is 11.9 Å². The Balaban J connectivity index is 2.27. The van der Waals surface area contributed by atoms with Gasteiger partial charge in [-0.25, -0.2) is 9.78 Å². The molecule has 194 valence electrons. The summed E-state index contributed by atoms with van der Waals surface area (Å²) in [5.74, 6) is -5.54. The number of aromatic amines is 1. The minimum Gasteiger partial charge on any atom is -0.481 e. The molecule has 3 amide bonds. The number of benzene rings is 1. The van der Waals surface area contributed by atoms with Crippen molar-refractivity contribution in [3.8, 4) is 0 Å². The first-order chi connectivity index (χ1) is 17.1. The molecule has 0 saturated carbocycles. The summed E-state index contributed by atoms with van der Waals surface area (Å²) < 4.78 is 0. The van der Waals surface area contributed by atoms with Gasteiger partial charge in [0.2, 0.25) is 17.7 Å². The van der Waals surface area contributed by atoms with E-state index in [1.54, 1.807) is 30.3 Å². The molecule has 4 unspecified atom stereocenters. The number of carbonyl (C=O) groups excluding carboxylic acids is 3. The molecule has 1 aromatic carbocycles. The van der Waals surface area contributed by atoms with E-state index in [1.165, 1.54) is 12.5 Å². The summed E-state index contributed by atoms with van der Waals surface area (Å²) in [5.41, 5.74) is 6.63. The number of carboxylic acids is 2. The number of hydrogen-bond donors (Lipinski definition) is 8. The van der Waals surface area contributed by atoms with Gasteiger partial charge in [-0.2, -0.15) is 0 Å². The minimum absolute atomic E-state index is 0.0568. The third-order valence-corrected chi connectivity index (χ3v) is 5.05. The molecule has 0 spiro atoms. The van der Waals surface area contributed by atoms with Crippen molar-refractivity contribution < 1.29 is 39.3 Å². The lowest BCUT2D eigenvalue weighted by Gasteiger charge is -2.25. The van der Waals surface area contributed by atoms with Gasteiger partial charge < -0.3 is 42.0 Å². The van der Waals surface area contributed by atoms with Gasteiger partial charge in [0.15, 0.2) is 0 Å². The highest BCUT2D eigenvalue weighted by molar-refractivity contribution is 5.94. The summed E-state index contributed by atoms with van der Waals surface area (Å²) in [6, 6.07) is 2.93. The lowest BCUT2D eigenvalue weighted by Crippen LogP contribution is -2.58. The van der Waals surface area contributed by atoms with Crippen LogP contribution < -0.4 is 21.7 Å². The number of aliphatic hydroxyl groups excluding tert-OH is 1. The topological polar surface area (TPSA) is 237 Å². The predicted octanol–water partition coefficient (Wildman–Crippen LogP) is -2.47. The normalized spacial score (nSPS) is 14.1. The number of carbonyl (C=O) groups is 5. The van der Waals surface area contributed by atoms with E-state index in [9.17, 15) is 29.1 Å². The van der Waals surface area contributed by atoms with E-state index in [2.05, 4.69) is 25.9 Å². The fraction of sp³-hybridized carbons (Fsp3) is 0.364. The lowest BCUT2D eigenvalue weighted by atomic mass is 10.0. The number of aromatic nitrogens is 2. The van der Waals surface area contributed by atoms with Crippen molar-refractivity contribution in [2.75, 3.05) is 6.61 Å². The Hall–Kier alpha value is -4.30. The van der Waals surface area contributed by atoms with E-state index in [0.717, 1.165) is 0 Å². The van der Waals surface area contributed by atoms with Gasteiger partial charge in [0.1, 0.15) is 24.2 Å². The number of aliphatic carboxylic acids is 2. The Morgan fingerprint density at radius 2 is 1.47 bits per heavy atom. The van der Waals surface area contributed by atoms with Crippen LogP contribution >= 0.6 is 0 Å². The fourth-order valence-electron chi connectivity index (χ4n) is 3.17. The van der Waals surface area contributed by atoms with Gasteiger partial charge in [-0.1, -0.05) is 30.3 Å². The highest BCUT2D eigenvalue weighted by Gasteiger charge is 2.31. The molecule has 0 radical (unpaired) electrons. The molecular weight excluding hydrogens is 476 g/mol. The Labute approximate surface area is 205 Å². The van der Waals surface area contributed by atoms with Crippen molar-refractivity contribution in [1.29, 1.82) is 0 Å². The summed E-state index contributed by atoms with van der Waals surface area (Å²) in [5, 5.41) is 34.4.